The second-order valence-electron chi connectivity index (χ2n) is 5.06. The van der Waals surface area contributed by atoms with Gasteiger partial charge in [0.2, 0.25) is 0 Å². The predicted octanol–water partition coefficient (Wildman–Crippen LogP) is 2.77. The first-order chi connectivity index (χ1) is 9.05. The van der Waals surface area contributed by atoms with Crippen LogP contribution in [0.1, 0.15) is 38.2 Å². The molecule has 1 aromatic carbocycles. The molecule has 1 aliphatic carbocycles. The largest absolute Gasteiger partial charge is 0.466 e. The van der Waals surface area contributed by atoms with Gasteiger partial charge in [-0.25, -0.2) is 4.39 Å². The van der Waals surface area contributed by atoms with Crippen LogP contribution in [-0.4, -0.2) is 17.7 Å². The minimum absolute atomic E-state index is 0.124. The van der Waals surface area contributed by atoms with Crippen LogP contribution in [0.4, 0.5) is 4.39 Å². The van der Waals surface area contributed by atoms with Crippen LogP contribution in [0.15, 0.2) is 24.3 Å². The van der Waals surface area contributed by atoms with Gasteiger partial charge in [-0.05, 0) is 50.3 Å². The van der Waals surface area contributed by atoms with E-state index in [4.69, 9.17) is 4.74 Å². The molecule has 3 nitrogen and oxygen atoms in total. The zero-order valence-corrected chi connectivity index (χ0v) is 11.1. The Kier molecular flexibility index (Phi) is 4.20. The minimum Gasteiger partial charge on any atom is -0.466 e. The zero-order valence-electron chi connectivity index (χ0n) is 11.1. The molecule has 0 aromatic heterocycles. The van der Waals surface area contributed by atoms with Gasteiger partial charge in [0.05, 0.1) is 18.1 Å². The summed E-state index contributed by atoms with van der Waals surface area (Å²) in [6.07, 6.45) is 2.21. The topological polar surface area (TPSA) is 46.5 Å². The van der Waals surface area contributed by atoms with Crippen LogP contribution in [0, 0.1) is 11.7 Å². The molecule has 0 saturated heterocycles. The van der Waals surface area contributed by atoms with Crippen LogP contribution in [-0.2, 0) is 15.1 Å². The number of rotatable bonds is 3. The number of benzene rings is 1. The highest BCUT2D eigenvalue weighted by atomic mass is 19.1. The second-order valence-corrected chi connectivity index (χ2v) is 5.06. The van der Waals surface area contributed by atoms with Gasteiger partial charge in [-0.1, -0.05) is 12.1 Å². The number of carbonyl (C=O) groups is 1. The van der Waals surface area contributed by atoms with Gasteiger partial charge in [0.15, 0.2) is 0 Å². The molecule has 0 atom stereocenters. The molecule has 0 amide bonds. The molecule has 19 heavy (non-hydrogen) atoms. The van der Waals surface area contributed by atoms with Crippen molar-refractivity contribution >= 4 is 5.97 Å². The Morgan fingerprint density at radius 1 is 1.37 bits per heavy atom. The number of esters is 1. The molecule has 0 heterocycles. The summed E-state index contributed by atoms with van der Waals surface area (Å²) in [6, 6.07) is 5.93. The van der Waals surface area contributed by atoms with Crippen molar-refractivity contribution in [3.8, 4) is 0 Å². The van der Waals surface area contributed by atoms with Crippen molar-refractivity contribution < 1.29 is 19.0 Å². The fourth-order valence-corrected chi connectivity index (χ4v) is 2.64. The highest BCUT2D eigenvalue weighted by molar-refractivity contribution is 5.72. The average Bonchev–Trinajstić information content (AvgIpc) is 2.40. The number of hydrogen-bond acceptors (Lipinski definition) is 3. The molecule has 1 fully saturated rings. The van der Waals surface area contributed by atoms with E-state index in [1.165, 1.54) is 12.1 Å². The molecule has 1 saturated carbocycles. The molecule has 0 spiro atoms. The molecular formula is C15H19FO3. The van der Waals surface area contributed by atoms with E-state index in [2.05, 4.69) is 0 Å². The zero-order chi connectivity index (χ0) is 13.9. The number of hydrogen-bond donors (Lipinski definition) is 1. The summed E-state index contributed by atoms with van der Waals surface area (Å²) in [6.45, 7) is 2.17. The highest BCUT2D eigenvalue weighted by Gasteiger charge is 2.37. The van der Waals surface area contributed by atoms with Crippen molar-refractivity contribution in [1.82, 2.24) is 0 Å². The Morgan fingerprint density at radius 3 is 2.47 bits per heavy atom. The highest BCUT2D eigenvalue weighted by Crippen LogP contribution is 2.39. The van der Waals surface area contributed by atoms with Crippen molar-refractivity contribution in [2.24, 2.45) is 5.92 Å². The van der Waals surface area contributed by atoms with Crippen LogP contribution < -0.4 is 0 Å². The quantitative estimate of drug-likeness (QED) is 0.856. The second kappa shape index (κ2) is 5.70. The van der Waals surface area contributed by atoms with Crippen molar-refractivity contribution in [1.29, 1.82) is 0 Å². The fraction of sp³-hybridized carbons (Fsp3) is 0.533. The third-order valence-electron chi connectivity index (χ3n) is 3.81. The number of carbonyl (C=O) groups excluding carboxylic acids is 1. The molecule has 0 bridgehead atoms. The number of ether oxygens (including phenoxy) is 1. The summed E-state index contributed by atoms with van der Waals surface area (Å²) < 4.78 is 17.9. The standard InChI is InChI=1S/C15H19FO3/c1-2-19-14(17)11-7-9-15(18,10-8-11)12-3-5-13(16)6-4-12/h3-6,11,18H,2,7-10H2,1H3. The molecule has 0 aliphatic heterocycles. The Morgan fingerprint density at radius 2 is 1.95 bits per heavy atom. The smallest absolute Gasteiger partial charge is 0.308 e. The summed E-state index contributed by atoms with van der Waals surface area (Å²) in [4.78, 5) is 11.6. The average molecular weight is 266 g/mol. The van der Waals surface area contributed by atoms with Crippen molar-refractivity contribution in [2.75, 3.05) is 6.61 Å². The maximum absolute atomic E-state index is 12.9. The molecular weight excluding hydrogens is 247 g/mol. The van der Waals surface area contributed by atoms with E-state index in [0.29, 0.717) is 32.3 Å². The van der Waals surface area contributed by atoms with E-state index in [0.717, 1.165) is 5.56 Å². The lowest BCUT2D eigenvalue weighted by molar-refractivity contribution is -0.151. The van der Waals surface area contributed by atoms with Gasteiger partial charge < -0.3 is 9.84 Å². The van der Waals surface area contributed by atoms with Gasteiger partial charge in [-0.2, -0.15) is 0 Å². The monoisotopic (exact) mass is 266 g/mol. The summed E-state index contributed by atoms with van der Waals surface area (Å²) in [7, 11) is 0. The van der Waals surface area contributed by atoms with E-state index in [1.54, 1.807) is 19.1 Å². The Hall–Kier alpha value is -1.42. The van der Waals surface area contributed by atoms with E-state index in [-0.39, 0.29) is 17.7 Å². The van der Waals surface area contributed by atoms with E-state index < -0.39 is 5.60 Å². The van der Waals surface area contributed by atoms with Gasteiger partial charge in [0.1, 0.15) is 5.82 Å². The summed E-state index contributed by atoms with van der Waals surface area (Å²) in [5.74, 6) is -0.614. The lowest BCUT2D eigenvalue weighted by atomic mass is 9.75. The van der Waals surface area contributed by atoms with Crippen LogP contribution >= 0.6 is 0 Å². The molecule has 1 N–H and O–H groups in total. The van der Waals surface area contributed by atoms with E-state index >= 15 is 0 Å². The van der Waals surface area contributed by atoms with Crippen LogP contribution in [0.3, 0.4) is 0 Å². The summed E-state index contributed by atoms with van der Waals surface area (Å²) >= 11 is 0. The van der Waals surface area contributed by atoms with Gasteiger partial charge in [0.25, 0.3) is 0 Å². The Balaban J connectivity index is 2.01. The van der Waals surface area contributed by atoms with Crippen LogP contribution in [0.2, 0.25) is 0 Å². The van der Waals surface area contributed by atoms with Crippen molar-refractivity contribution in [3.05, 3.63) is 35.6 Å². The Bertz CT molecular complexity index is 433. The van der Waals surface area contributed by atoms with E-state index in [1.807, 2.05) is 0 Å². The third kappa shape index (κ3) is 3.13. The van der Waals surface area contributed by atoms with Gasteiger partial charge in [-0.15, -0.1) is 0 Å². The fourth-order valence-electron chi connectivity index (χ4n) is 2.64. The normalized spacial score (nSPS) is 27.0. The van der Waals surface area contributed by atoms with Crippen molar-refractivity contribution in [3.63, 3.8) is 0 Å². The first-order valence-electron chi connectivity index (χ1n) is 6.70. The SMILES string of the molecule is CCOC(=O)C1CCC(O)(c2ccc(F)cc2)CC1. The lowest BCUT2D eigenvalue weighted by Gasteiger charge is -2.35. The van der Waals surface area contributed by atoms with Crippen LogP contribution in [0.25, 0.3) is 0 Å². The van der Waals surface area contributed by atoms with Gasteiger partial charge in [-0.3, -0.25) is 4.79 Å². The maximum atomic E-state index is 12.9. The van der Waals surface area contributed by atoms with E-state index in [9.17, 15) is 14.3 Å². The molecule has 2 rings (SSSR count). The van der Waals surface area contributed by atoms with Gasteiger partial charge in [0, 0.05) is 0 Å². The predicted molar refractivity (Wildman–Crippen MR) is 68.9 cm³/mol. The molecule has 1 aromatic rings. The number of halogens is 1. The summed E-state index contributed by atoms with van der Waals surface area (Å²) in [5, 5.41) is 10.6. The molecule has 1 aliphatic rings. The third-order valence-corrected chi connectivity index (χ3v) is 3.81. The Labute approximate surface area is 112 Å². The molecule has 0 unspecified atom stereocenters. The van der Waals surface area contributed by atoms with Crippen molar-refractivity contribution in [2.45, 2.75) is 38.2 Å². The minimum atomic E-state index is -0.948. The lowest BCUT2D eigenvalue weighted by Crippen LogP contribution is -2.34. The summed E-state index contributed by atoms with van der Waals surface area (Å²) in [5.41, 5.74) is -0.229. The number of aliphatic hydroxyl groups is 1. The molecule has 4 heteroatoms. The van der Waals surface area contributed by atoms with Crippen LogP contribution in [0.5, 0.6) is 0 Å². The molecule has 0 radical (unpaired) electrons. The molecule has 104 valence electrons. The first-order valence-corrected chi connectivity index (χ1v) is 6.70. The first kappa shape index (κ1) is 14.0. The maximum Gasteiger partial charge on any atom is 0.308 e. The van der Waals surface area contributed by atoms with Gasteiger partial charge >= 0.3 is 5.97 Å².